The molecule has 0 radical (unpaired) electrons. The van der Waals surface area contributed by atoms with Crippen molar-refractivity contribution in [1.82, 2.24) is 0 Å². The van der Waals surface area contributed by atoms with Crippen LogP contribution in [0.5, 0.6) is 0 Å². The quantitative estimate of drug-likeness (QED) is 0.0831. The van der Waals surface area contributed by atoms with Crippen LogP contribution in [0.2, 0.25) is 0 Å². The molecule has 0 aromatic heterocycles. The average Bonchev–Trinajstić information content (AvgIpc) is 3.55. The second-order valence-corrected chi connectivity index (χ2v) is 23.2. The van der Waals surface area contributed by atoms with E-state index in [2.05, 4.69) is 40.7 Å². The number of hydrogen-bond acceptors (Lipinski definition) is 20. The van der Waals surface area contributed by atoms with Crippen LogP contribution in [0.3, 0.4) is 0 Å². The normalized spacial score (nSPS) is 50.9. The van der Waals surface area contributed by atoms with E-state index in [1.807, 2.05) is 6.92 Å². The lowest BCUT2D eigenvalue weighted by Crippen LogP contribution is -2.65. The summed E-state index contributed by atoms with van der Waals surface area (Å²) in [5.41, 5.74) is -2.23. The molecule has 68 heavy (non-hydrogen) atoms. The van der Waals surface area contributed by atoms with Crippen molar-refractivity contribution in [2.45, 2.75) is 222 Å². The maximum Gasteiger partial charge on any atom is 0.187 e. The minimum absolute atomic E-state index is 0.00454. The molecule has 20 heteroatoms. The van der Waals surface area contributed by atoms with Crippen LogP contribution in [0, 0.1) is 45.3 Å². The van der Waals surface area contributed by atoms with Gasteiger partial charge in [0.1, 0.15) is 73.2 Å². The maximum atomic E-state index is 12.6. The predicted molar refractivity (Wildman–Crippen MR) is 236 cm³/mol. The maximum absolute atomic E-state index is 12.6. The molecule has 394 valence electrons. The van der Waals surface area contributed by atoms with E-state index in [-0.39, 0.29) is 35.5 Å². The van der Waals surface area contributed by atoms with Crippen LogP contribution < -0.4 is 0 Å². The third-order valence-corrected chi connectivity index (χ3v) is 18.8. The Bertz CT molecular complexity index is 1740. The van der Waals surface area contributed by atoms with Crippen molar-refractivity contribution < 1.29 is 99.9 Å². The van der Waals surface area contributed by atoms with Crippen molar-refractivity contribution in [3.05, 3.63) is 11.6 Å². The Kier molecular flexibility index (Phi) is 16.1. The Labute approximate surface area is 398 Å². The smallest absolute Gasteiger partial charge is 0.187 e. The molecule has 0 aromatic rings. The molecule has 0 aromatic carbocycles. The summed E-state index contributed by atoms with van der Waals surface area (Å²) in [6.45, 7) is 14.0. The van der Waals surface area contributed by atoms with Gasteiger partial charge in [-0.15, -0.1) is 0 Å². The molecule has 0 bridgehead atoms. The second kappa shape index (κ2) is 20.0. The van der Waals surface area contributed by atoms with Gasteiger partial charge >= 0.3 is 0 Å². The lowest BCUT2D eigenvalue weighted by atomic mass is 9.38. The van der Waals surface area contributed by atoms with Crippen LogP contribution in [0.1, 0.15) is 100 Å². The Morgan fingerprint density at radius 3 is 1.79 bits per heavy atom. The number of rotatable bonds is 14. The van der Waals surface area contributed by atoms with Gasteiger partial charge in [0.2, 0.25) is 0 Å². The number of aliphatic hydroxyl groups excluding tert-OH is 13. The highest BCUT2D eigenvalue weighted by Crippen LogP contribution is 2.75. The van der Waals surface area contributed by atoms with Gasteiger partial charge < -0.3 is 99.9 Å². The van der Waals surface area contributed by atoms with Crippen molar-refractivity contribution in [2.75, 3.05) is 19.8 Å². The standard InChI is InChI=1S/C48H82O20/c1-20(24(51)15-31(45(4,5)62)68-43-40(61)37(58)34(55)27(66-43)19-63-41-38(59)35(56)32(53)25(17-49)64-41)21-13-14-46(6)28-11-9-22-23(48(28,8)29(52)16-47(21,46)7)10-12-30(44(22,2)3)67-42-39(60)36(57)33(54)26(18-50)65-42/h9,20-21,23-43,49-62H,10-19H2,1-8H3. The number of fused-ring (bicyclic) bond motifs is 5. The molecule has 6 fully saturated rings. The summed E-state index contributed by atoms with van der Waals surface area (Å²) in [5, 5.41) is 150. The zero-order valence-electron chi connectivity index (χ0n) is 40.6. The van der Waals surface area contributed by atoms with Gasteiger partial charge in [0, 0.05) is 17.3 Å². The van der Waals surface area contributed by atoms with Crippen LogP contribution in [0.4, 0.5) is 0 Å². The molecule has 26 unspecified atom stereocenters. The first kappa shape index (κ1) is 54.7. The van der Waals surface area contributed by atoms with Crippen molar-refractivity contribution in [3.8, 4) is 0 Å². The fraction of sp³-hybridized carbons (Fsp3) is 0.958. The lowest BCUT2D eigenvalue weighted by molar-refractivity contribution is -0.342. The van der Waals surface area contributed by atoms with Gasteiger partial charge in [-0.2, -0.15) is 0 Å². The van der Waals surface area contributed by atoms with Crippen molar-refractivity contribution in [1.29, 1.82) is 0 Å². The van der Waals surface area contributed by atoms with E-state index in [9.17, 15) is 71.5 Å². The fourth-order valence-corrected chi connectivity index (χ4v) is 14.1. The third-order valence-electron chi connectivity index (χ3n) is 18.8. The summed E-state index contributed by atoms with van der Waals surface area (Å²) in [6, 6.07) is 0. The van der Waals surface area contributed by atoms with Gasteiger partial charge in [0.25, 0.3) is 0 Å². The van der Waals surface area contributed by atoms with Gasteiger partial charge in [-0.1, -0.05) is 53.2 Å². The Balaban J connectivity index is 1.03. The second-order valence-electron chi connectivity index (χ2n) is 23.2. The molecule has 3 heterocycles. The van der Waals surface area contributed by atoms with Gasteiger partial charge in [0.05, 0.1) is 49.8 Å². The first-order chi connectivity index (χ1) is 31.6. The minimum Gasteiger partial charge on any atom is -0.394 e. The molecule has 0 spiro atoms. The zero-order valence-corrected chi connectivity index (χ0v) is 40.6. The van der Waals surface area contributed by atoms with E-state index in [0.29, 0.717) is 25.7 Å². The Morgan fingerprint density at radius 1 is 0.691 bits per heavy atom. The van der Waals surface area contributed by atoms with Crippen LogP contribution >= 0.6 is 0 Å². The van der Waals surface area contributed by atoms with Crippen LogP contribution in [-0.2, 0) is 28.4 Å². The minimum atomic E-state index is -1.82. The Morgan fingerprint density at radius 2 is 1.22 bits per heavy atom. The monoisotopic (exact) mass is 979 g/mol. The summed E-state index contributed by atoms with van der Waals surface area (Å²) >= 11 is 0. The third kappa shape index (κ3) is 9.19. The fourth-order valence-electron chi connectivity index (χ4n) is 14.1. The summed E-state index contributed by atoms with van der Waals surface area (Å²) in [5.74, 6) is -0.349. The predicted octanol–water partition coefficient (Wildman–Crippen LogP) is -2.09. The van der Waals surface area contributed by atoms with Gasteiger partial charge in [-0.25, -0.2) is 0 Å². The average molecular weight is 979 g/mol. The molecule has 3 saturated carbocycles. The van der Waals surface area contributed by atoms with Gasteiger partial charge in [0.15, 0.2) is 18.9 Å². The van der Waals surface area contributed by atoms with E-state index in [1.165, 1.54) is 13.8 Å². The highest BCUT2D eigenvalue weighted by atomic mass is 16.7. The van der Waals surface area contributed by atoms with E-state index < -0.39 is 158 Å². The summed E-state index contributed by atoms with van der Waals surface area (Å²) in [4.78, 5) is 0. The number of allylic oxidation sites excluding steroid dienone is 1. The Hall–Kier alpha value is -1.06. The first-order valence-electron chi connectivity index (χ1n) is 24.6. The summed E-state index contributed by atoms with van der Waals surface area (Å²) < 4.78 is 35.1. The van der Waals surface area contributed by atoms with Crippen LogP contribution in [-0.4, -0.2) is 213 Å². The number of ether oxygens (including phenoxy) is 6. The van der Waals surface area contributed by atoms with Crippen LogP contribution in [0.15, 0.2) is 11.6 Å². The number of hydrogen-bond donors (Lipinski definition) is 14. The highest BCUT2D eigenvalue weighted by molar-refractivity contribution is 5.32. The van der Waals surface area contributed by atoms with Gasteiger partial charge in [-0.3, -0.25) is 0 Å². The molecule has 3 aliphatic heterocycles. The van der Waals surface area contributed by atoms with Crippen LogP contribution in [0.25, 0.3) is 0 Å². The summed E-state index contributed by atoms with van der Waals surface area (Å²) in [7, 11) is 0. The van der Waals surface area contributed by atoms with E-state index in [0.717, 1.165) is 18.4 Å². The molecule has 14 N–H and O–H groups in total. The van der Waals surface area contributed by atoms with E-state index in [4.69, 9.17) is 28.4 Å². The molecule has 26 atom stereocenters. The topological polar surface area (TPSA) is 339 Å². The van der Waals surface area contributed by atoms with E-state index in [1.54, 1.807) is 0 Å². The zero-order chi connectivity index (χ0) is 50.4. The van der Waals surface area contributed by atoms with Crippen molar-refractivity contribution >= 4 is 0 Å². The van der Waals surface area contributed by atoms with E-state index >= 15 is 0 Å². The molecular weight excluding hydrogens is 897 g/mol. The molecule has 0 amide bonds. The largest absolute Gasteiger partial charge is 0.394 e. The highest BCUT2D eigenvalue weighted by Gasteiger charge is 2.70. The number of aliphatic hydroxyl groups is 14. The first-order valence-corrected chi connectivity index (χ1v) is 24.6. The molecule has 20 nitrogen and oxygen atoms in total. The molecule has 3 saturated heterocycles. The molecular formula is C48H82O20. The summed E-state index contributed by atoms with van der Waals surface area (Å²) in [6.07, 6.45) is -20.4. The van der Waals surface area contributed by atoms with Crippen molar-refractivity contribution in [3.63, 3.8) is 0 Å². The molecule has 7 aliphatic rings. The molecule has 7 rings (SSSR count). The van der Waals surface area contributed by atoms with Crippen molar-refractivity contribution in [2.24, 2.45) is 45.3 Å². The molecule has 4 aliphatic carbocycles. The SMILES string of the molecule is CC(C(O)CC(OC1OC(COC2OC(CO)C(O)C(O)C2O)C(O)C(O)C1O)C(C)(C)O)C1CCC2(C)C3CC=C4C(CCC(OC5OC(CO)C(O)C(O)C5O)C4(C)C)C3(C)C(O)CC12C. The van der Waals surface area contributed by atoms with Gasteiger partial charge in [-0.05, 0) is 86.9 Å². The lowest BCUT2D eigenvalue weighted by Gasteiger charge is -2.67.